The minimum absolute atomic E-state index is 0.0240. The molecule has 24 heteroatoms. The number of hydrogen-bond donors (Lipinski definition) is 12. The molecule has 9 aliphatic rings. The number of allylic oxidation sites excluding steroid dienone is 1. The molecule has 21 unspecified atom stereocenters. The maximum Gasteiger partial charge on any atom is 0.270 e. The minimum atomic E-state index is -5.89. The van der Waals surface area contributed by atoms with Gasteiger partial charge in [-0.25, -0.2) is 0 Å². The summed E-state index contributed by atoms with van der Waals surface area (Å²) < 4.78 is 150. The van der Waals surface area contributed by atoms with Gasteiger partial charge in [-0.3, -0.25) is 60.7 Å². The Morgan fingerprint density at radius 3 is 0.966 bits per heavy atom. The van der Waals surface area contributed by atoms with Crippen molar-refractivity contribution in [2.24, 2.45) is 53.3 Å². The van der Waals surface area contributed by atoms with Gasteiger partial charge in [0.05, 0.1) is 49.3 Å². The van der Waals surface area contributed by atoms with Gasteiger partial charge in [0.2, 0.25) is 0 Å². The summed E-state index contributed by atoms with van der Waals surface area (Å²) in [6, 6.07) is 0. The van der Waals surface area contributed by atoms with Crippen LogP contribution in [0.2, 0.25) is 0 Å². The molecule has 5 heterocycles. The van der Waals surface area contributed by atoms with E-state index < -0.39 is 98.0 Å². The number of rotatable bonds is 5. The molecule has 9 fully saturated rings. The van der Waals surface area contributed by atoms with Crippen LogP contribution in [0.25, 0.3) is 0 Å². The molecule has 8 bridgehead atoms. The molecule has 5 aliphatic heterocycles. The Hall–Kier alpha value is -0.940. The van der Waals surface area contributed by atoms with E-state index in [1.165, 1.54) is 0 Å². The first-order valence-electron chi connectivity index (χ1n) is 20.8. The first-order valence-corrected chi connectivity index (χ1v) is 26.8. The SMILES string of the molecule is C=CC1CCCC2C3NC4NC(NC5NC(NC6NC(NC(N3)C12)C1C6C(S(=O)(=O)O)C(S(=O)(=O)O)C(S(=O)(=O)O)C1S(=O)(=O)O)C1CCCCC51)C1CCCCC41. The molecule has 58 heavy (non-hydrogen) atoms. The number of nitrogens with one attached hydrogen (secondary N) is 8. The van der Waals surface area contributed by atoms with Gasteiger partial charge in [0.15, 0.2) is 0 Å². The zero-order valence-corrected chi connectivity index (χ0v) is 35.1. The van der Waals surface area contributed by atoms with E-state index in [4.69, 9.17) is 0 Å². The van der Waals surface area contributed by atoms with Crippen LogP contribution < -0.4 is 42.5 Å². The first-order chi connectivity index (χ1) is 27.3. The van der Waals surface area contributed by atoms with Gasteiger partial charge in [0, 0.05) is 11.8 Å². The lowest BCUT2D eigenvalue weighted by Gasteiger charge is -2.46. The molecule has 330 valence electrons. The summed E-state index contributed by atoms with van der Waals surface area (Å²) in [6.07, 6.45) is 7.89. The predicted octanol–water partition coefficient (Wildman–Crippen LogP) is -1.52. The largest absolute Gasteiger partial charge is 0.286 e. The lowest BCUT2D eigenvalue weighted by Crippen LogP contribution is -2.70. The van der Waals surface area contributed by atoms with Crippen molar-refractivity contribution in [1.82, 2.24) is 42.5 Å². The summed E-state index contributed by atoms with van der Waals surface area (Å²) in [6.45, 7) is 4.12. The normalized spacial score (nSPS) is 50.9. The van der Waals surface area contributed by atoms with Crippen molar-refractivity contribution in [3.63, 3.8) is 0 Å². The molecule has 9 rings (SSSR count). The summed E-state index contributed by atoms with van der Waals surface area (Å²) >= 11 is 0. The minimum Gasteiger partial charge on any atom is -0.286 e. The molecule has 21 atom stereocenters. The molecular weight excluding hydrogens is 841 g/mol. The molecule has 5 saturated heterocycles. The highest BCUT2D eigenvalue weighted by atomic mass is 32.2. The van der Waals surface area contributed by atoms with Crippen molar-refractivity contribution in [3.05, 3.63) is 12.7 Å². The van der Waals surface area contributed by atoms with Gasteiger partial charge in [0.25, 0.3) is 40.5 Å². The molecule has 20 nitrogen and oxygen atoms in total. The number of fused-ring (bicyclic) bond motifs is 20. The van der Waals surface area contributed by atoms with Gasteiger partial charge in [-0.1, -0.05) is 38.2 Å². The lowest BCUT2D eigenvalue weighted by molar-refractivity contribution is 0.145. The van der Waals surface area contributed by atoms with Gasteiger partial charge in [-0.2, -0.15) is 33.7 Å². The standard InChI is InChI=1S/C34H58N8O12S4/c1-2-14-8-7-13-19-20(14)32-40-31(19)38-29-16-10-4-3-9-15(16)27(36-29)35-28-17-11-5-6-12-18(17)30(37-28)39-33-21-22(34(41-32)42-33)24(56(46,47)48)26(58(52,53)54)25(57(49,50)51)23(21)55(43,44)45/h2,14-42H,1,3-13H2,(H,43,44,45)(H,46,47,48)(H,49,50,51)(H,52,53,54). The molecule has 0 amide bonds. The average Bonchev–Trinajstić information content (AvgIpc) is 3.88. The summed E-state index contributed by atoms with van der Waals surface area (Å²) in [5.74, 6) is -2.96. The fourth-order valence-electron chi connectivity index (χ4n) is 13.8. The highest BCUT2D eigenvalue weighted by Crippen LogP contribution is 2.50. The highest BCUT2D eigenvalue weighted by Gasteiger charge is 2.71. The fourth-order valence-corrected chi connectivity index (χ4v) is 21.1. The Morgan fingerprint density at radius 1 is 0.362 bits per heavy atom. The van der Waals surface area contributed by atoms with Crippen LogP contribution in [-0.2, 0) is 40.5 Å². The van der Waals surface area contributed by atoms with Crippen LogP contribution in [0.15, 0.2) is 12.7 Å². The highest BCUT2D eigenvalue weighted by molar-refractivity contribution is 7.94. The Kier molecular flexibility index (Phi) is 11.0. The maximum absolute atomic E-state index is 13.5. The van der Waals surface area contributed by atoms with Gasteiger partial charge in [0.1, 0.15) is 21.0 Å². The molecule has 0 aromatic carbocycles. The molecule has 4 aliphatic carbocycles. The van der Waals surface area contributed by atoms with Crippen LogP contribution in [0.5, 0.6) is 0 Å². The van der Waals surface area contributed by atoms with Crippen LogP contribution in [-0.4, -0.2) is 122 Å². The third-order valence-electron chi connectivity index (χ3n) is 15.8. The quantitative estimate of drug-likeness (QED) is 0.110. The number of hydrogen-bond acceptors (Lipinski definition) is 16. The van der Waals surface area contributed by atoms with E-state index >= 15 is 0 Å². The molecule has 0 aromatic rings. The van der Waals surface area contributed by atoms with Crippen molar-refractivity contribution in [3.8, 4) is 0 Å². The molecule has 0 spiro atoms. The zero-order valence-electron chi connectivity index (χ0n) is 31.9. The van der Waals surface area contributed by atoms with Crippen molar-refractivity contribution in [2.75, 3.05) is 0 Å². The second-order valence-electron chi connectivity index (χ2n) is 18.5. The molecular formula is C34H58N8O12S4. The van der Waals surface area contributed by atoms with Crippen molar-refractivity contribution in [1.29, 1.82) is 0 Å². The van der Waals surface area contributed by atoms with Crippen LogP contribution in [0, 0.1) is 53.3 Å². The summed E-state index contributed by atoms with van der Waals surface area (Å²) in [5.41, 5.74) is 0. The van der Waals surface area contributed by atoms with Crippen LogP contribution in [0.3, 0.4) is 0 Å². The average molecular weight is 899 g/mol. The van der Waals surface area contributed by atoms with E-state index in [9.17, 15) is 51.9 Å². The van der Waals surface area contributed by atoms with Gasteiger partial charge in [-0.05, 0) is 80.0 Å². The monoisotopic (exact) mass is 898 g/mol. The van der Waals surface area contributed by atoms with E-state index in [1.807, 2.05) is 6.08 Å². The molecule has 12 N–H and O–H groups in total. The van der Waals surface area contributed by atoms with Gasteiger partial charge >= 0.3 is 0 Å². The maximum atomic E-state index is 13.5. The van der Waals surface area contributed by atoms with E-state index in [0.717, 1.165) is 70.6 Å². The third-order valence-corrected chi connectivity index (χ3v) is 21.5. The Balaban J connectivity index is 1.20. The molecule has 0 radical (unpaired) electrons. The van der Waals surface area contributed by atoms with E-state index in [1.54, 1.807) is 0 Å². The summed E-state index contributed by atoms with van der Waals surface area (Å²) in [5, 5.41) is 17.7. The lowest BCUT2D eigenvalue weighted by atomic mass is 9.71. The summed E-state index contributed by atoms with van der Waals surface area (Å²) in [4.78, 5) is 0. The van der Waals surface area contributed by atoms with Crippen LogP contribution >= 0.6 is 0 Å². The molecule has 0 aromatic heterocycles. The molecule has 4 saturated carbocycles. The van der Waals surface area contributed by atoms with Crippen molar-refractivity contribution < 1.29 is 51.9 Å². The topological polar surface area (TPSA) is 314 Å². The Labute approximate surface area is 340 Å². The third kappa shape index (κ3) is 7.24. The van der Waals surface area contributed by atoms with Crippen LogP contribution in [0.4, 0.5) is 0 Å². The fraction of sp³-hybridized carbons (Fsp3) is 0.941. The predicted molar refractivity (Wildman–Crippen MR) is 209 cm³/mol. The summed E-state index contributed by atoms with van der Waals surface area (Å²) in [7, 11) is -23.1. The van der Waals surface area contributed by atoms with Gasteiger partial charge in [-0.15, -0.1) is 6.58 Å². The van der Waals surface area contributed by atoms with E-state index in [-0.39, 0.29) is 54.3 Å². The van der Waals surface area contributed by atoms with E-state index in [0.29, 0.717) is 11.8 Å². The second-order valence-corrected chi connectivity index (χ2v) is 24.8. The Bertz CT molecular complexity index is 2070. The Morgan fingerprint density at radius 2 is 0.638 bits per heavy atom. The zero-order chi connectivity index (χ0) is 41.3. The van der Waals surface area contributed by atoms with E-state index in [2.05, 4.69) is 49.1 Å². The van der Waals surface area contributed by atoms with Crippen molar-refractivity contribution >= 4 is 40.5 Å². The first kappa shape index (κ1) is 42.4. The smallest absolute Gasteiger partial charge is 0.270 e. The van der Waals surface area contributed by atoms with Crippen LogP contribution in [0.1, 0.15) is 70.6 Å². The second kappa shape index (κ2) is 15.1. The van der Waals surface area contributed by atoms with Crippen molar-refractivity contribution in [2.45, 2.75) is 141 Å². The van der Waals surface area contributed by atoms with Gasteiger partial charge < -0.3 is 0 Å².